The molecule has 1 aromatic carbocycles. The maximum absolute atomic E-state index is 12.0. The van der Waals surface area contributed by atoms with Gasteiger partial charge < -0.3 is 16.0 Å². The Balaban J connectivity index is 1.61. The molecule has 0 radical (unpaired) electrons. The molecule has 0 aliphatic carbocycles. The van der Waals surface area contributed by atoms with E-state index in [4.69, 9.17) is 0 Å². The summed E-state index contributed by atoms with van der Waals surface area (Å²) in [6, 6.07) is 7.36. The topological polar surface area (TPSA) is 65.5 Å². The van der Waals surface area contributed by atoms with Crippen molar-refractivity contribution in [1.29, 1.82) is 0 Å². The fraction of sp³-hybridized carbons (Fsp3) is 0.556. The molecule has 1 aromatic rings. The molecule has 1 amide bonds. The molecule has 5 nitrogen and oxygen atoms in total. The van der Waals surface area contributed by atoms with Crippen LogP contribution in [0.5, 0.6) is 0 Å². The minimum absolute atomic E-state index is 0.0406. The molecule has 0 aromatic heterocycles. The van der Waals surface area contributed by atoms with Gasteiger partial charge in [0.25, 0.3) is 5.91 Å². The monoisotopic (exact) mass is 426 g/mol. The van der Waals surface area contributed by atoms with E-state index in [0.717, 1.165) is 29.9 Å². The lowest BCUT2D eigenvalue weighted by atomic mass is 10.1. The lowest BCUT2D eigenvalue weighted by Crippen LogP contribution is -2.44. The maximum Gasteiger partial charge on any atom is 0.251 e. The minimum atomic E-state index is -0.0406. The molecule has 2 rings (SSSR count). The van der Waals surface area contributed by atoms with Crippen LogP contribution in [0.2, 0.25) is 0 Å². The number of hydrogen-bond acceptors (Lipinski definition) is 3. The predicted molar refractivity (Wildman–Crippen MR) is 111 cm³/mol. The van der Waals surface area contributed by atoms with Gasteiger partial charge in [0.15, 0.2) is 5.96 Å². The predicted octanol–water partition coefficient (Wildman–Crippen LogP) is 3.02. The van der Waals surface area contributed by atoms with Crippen molar-refractivity contribution in [2.24, 2.45) is 4.99 Å². The first-order valence-electron chi connectivity index (χ1n) is 8.65. The van der Waals surface area contributed by atoms with Gasteiger partial charge >= 0.3 is 0 Å². The van der Waals surface area contributed by atoms with E-state index in [1.807, 2.05) is 36.0 Å². The Kier molecular flexibility index (Phi) is 8.09. The van der Waals surface area contributed by atoms with Crippen LogP contribution in [-0.2, 0) is 0 Å². The third kappa shape index (κ3) is 6.90. The van der Waals surface area contributed by atoms with Crippen LogP contribution in [0.4, 0.5) is 0 Å². The zero-order chi connectivity index (χ0) is 18.1. The normalized spacial score (nSPS) is 20.4. The summed E-state index contributed by atoms with van der Waals surface area (Å²) < 4.78 is 1.29. The Morgan fingerprint density at radius 1 is 1.24 bits per heavy atom. The van der Waals surface area contributed by atoms with E-state index in [1.54, 1.807) is 7.05 Å². The number of rotatable bonds is 7. The van der Waals surface area contributed by atoms with Gasteiger partial charge in [-0.15, -0.1) is 0 Å². The summed E-state index contributed by atoms with van der Waals surface area (Å²) in [5.74, 6) is 2.04. The third-order valence-corrected chi connectivity index (χ3v) is 6.26. The van der Waals surface area contributed by atoms with Crippen LogP contribution in [0, 0.1) is 0 Å². The zero-order valence-electron chi connectivity index (χ0n) is 14.9. The van der Waals surface area contributed by atoms with E-state index in [-0.39, 0.29) is 5.91 Å². The Labute approximate surface area is 163 Å². The number of carbonyl (C=O) groups excluding carboxylic acids is 1. The molecule has 1 fully saturated rings. The highest BCUT2D eigenvalue weighted by atomic mass is 79.9. The summed E-state index contributed by atoms with van der Waals surface area (Å²) in [5.41, 5.74) is 0.677. The van der Waals surface area contributed by atoms with Gasteiger partial charge in [0.2, 0.25) is 0 Å². The van der Waals surface area contributed by atoms with Gasteiger partial charge in [0.1, 0.15) is 0 Å². The van der Waals surface area contributed by atoms with Crippen molar-refractivity contribution in [3.8, 4) is 0 Å². The second-order valence-corrected chi connectivity index (χ2v) is 8.97. The summed E-state index contributed by atoms with van der Waals surface area (Å²) >= 11 is 5.40. The lowest BCUT2D eigenvalue weighted by molar-refractivity contribution is 0.0953. The first-order chi connectivity index (χ1) is 12.0. The second-order valence-electron chi connectivity index (χ2n) is 6.37. The highest BCUT2D eigenvalue weighted by molar-refractivity contribution is 9.10. The Hall–Kier alpha value is -1.21. The molecule has 1 aliphatic rings. The molecule has 1 atom stereocenters. The lowest BCUT2D eigenvalue weighted by Gasteiger charge is -2.24. The molecular weight excluding hydrogens is 400 g/mol. The van der Waals surface area contributed by atoms with Crippen LogP contribution >= 0.6 is 27.7 Å². The second kappa shape index (κ2) is 10.1. The van der Waals surface area contributed by atoms with E-state index in [1.165, 1.54) is 18.6 Å². The molecule has 0 spiro atoms. The molecule has 0 bridgehead atoms. The van der Waals surface area contributed by atoms with Crippen molar-refractivity contribution >= 4 is 39.6 Å². The third-order valence-electron chi connectivity index (χ3n) is 4.19. The van der Waals surface area contributed by atoms with Crippen molar-refractivity contribution in [2.45, 2.75) is 30.9 Å². The minimum Gasteiger partial charge on any atom is -0.356 e. The van der Waals surface area contributed by atoms with E-state index >= 15 is 0 Å². The summed E-state index contributed by atoms with van der Waals surface area (Å²) in [6.45, 7) is 4.64. The number of hydrogen-bond donors (Lipinski definition) is 3. The van der Waals surface area contributed by atoms with Gasteiger partial charge in [0.05, 0.1) is 0 Å². The van der Waals surface area contributed by atoms with Crippen molar-refractivity contribution in [2.75, 3.05) is 32.4 Å². The van der Waals surface area contributed by atoms with Crippen molar-refractivity contribution < 1.29 is 4.79 Å². The number of nitrogens with zero attached hydrogens (tertiary/aromatic N) is 1. The molecule has 138 valence electrons. The fourth-order valence-electron chi connectivity index (χ4n) is 2.67. The molecule has 7 heteroatoms. The summed E-state index contributed by atoms with van der Waals surface area (Å²) in [4.78, 5) is 16.3. The number of carbonyl (C=O) groups is 1. The number of halogens is 1. The number of nitrogens with one attached hydrogen (secondary N) is 3. The maximum atomic E-state index is 12.0. The van der Waals surface area contributed by atoms with E-state index in [2.05, 4.69) is 43.8 Å². The van der Waals surface area contributed by atoms with Gasteiger partial charge in [-0.25, -0.2) is 0 Å². The number of guanidine groups is 1. The van der Waals surface area contributed by atoms with Crippen molar-refractivity contribution in [3.05, 3.63) is 34.3 Å². The van der Waals surface area contributed by atoms with Gasteiger partial charge in [-0.2, -0.15) is 11.8 Å². The standard InChI is InChI=1S/C18H27BrN4OS/c1-18(9-3-12-25-18)13-23-17(20-2)22-11-4-10-21-16(24)14-5-7-15(19)8-6-14/h5-8H,3-4,9-13H2,1-2H3,(H,21,24)(H2,20,22,23). The highest BCUT2D eigenvalue weighted by Gasteiger charge is 2.29. The highest BCUT2D eigenvalue weighted by Crippen LogP contribution is 2.36. The van der Waals surface area contributed by atoms with Crippen molar-refractivity contribution in [1.82, 2.24) is 16.0 Å². The molecule has 1 saturated heterocycles. The smallest absolute Gasteiger partial charge is 0.251 e. The van der Waals surface area contributed by atoms with Gasteiger partial charge in [-0.05, 0) is 56.2 Å². The molecule has 1 aliphatic heterocycles. The quantitative estimate of drug-likeness (QED) is 0.356. The number of thioether (sulfide) groups is 1. The molecule has 0 saturated carbocycles. The Morgan fingerprint density at radius 2 is 1.96 bits per heavy atom. The van der Waals surface area contributed by atoms with Crippen LogP contribution < -0.4 is 16.0 Å². The van der Waals surface area contributed by atoms with Crippen molar-refractivity contribution in [3.63, 3.8) is 0 Å². The largest absolute Gasteiger partial charge is 0.356 e. The molecule has 25 heavy (non-hydrogen) atoms. The summed E-state index contributed by atoms with van der Waals surface area (Å²) in [6.07, 6.45) is 3.39. The van der Waals surface area contributed by atoms with Crippen LogP contribution in [0.1, 0.15) is 36.5 Å². The van der Waals surface area contributed by atoms with Crippen LogP contribution in [0.25, 0.3) is 0 Å². The first-order valence-corrected chi connectivity index (χ1v) is 10.4. The molecule has 1 unspecified atom stereocenters. The van der Waals surface area contributed by atoms with Gasteiger partial charge in [-0.1, -0.05) is 15.9 Å². The summed E-state index contributed by atoms with van der Waals surface area (Å²) in [5, 5.41) is 9.65. The average Bonchev–Trinajstić information content (AvgIpc) is 3.04. The SMILES string of the molecule is CN=C(NCCCNC(=O)c1ccc(Br)cc1)NCC1(C)CCCS1. The average molecular weight is 427 g/mol. The van der Waals surface area contributed by atoms with Crippen LogP contribution in [0.15, 0.2) is 33.7 Å². The molecule has 1 heterocycles. The van der Waals surface area contributed by atoms with E-state index in [0.29, 0.717) is 16.9 Å². The summed E-state index contributed by atoms with van der Waals surface area (Å²) in [7, 11) is 1.79. The van der Waals surface area contributed by atoms with Crippen LogP contribution in [0.3, 0.4) is 0 Å². The number of amides is 1. The first kappa shape index (κ1) is 20.1. The molecule has 3 N–H and O–H groups in total. The number of benzene rings is 1. The van der Waals surface area contributed by atoms with E-state index in [9.17, 15) is 4.79 Å². The van der Waals surface area contributed by atoms with E-state index < -0.39 is 0 Å². The van der Waals surface area contributed by atoms with Gasteiger partial charge in [-0.3, -0.25) is 9.79 Å². The Morgan fingerprint density at radius 3 is 2.60 bits per heavy atom. The van der Waals surface area contributed by atoms with Gasteiger partial charge in [0, 0.05) is 41.5 Å². The van der Waals surface area contributed by atoms with Crippen LogP contribution in [-0.4, -0.2) is 49.0 Å². The Bertz CT molecular complexity index is 585. The molecular formula is C18H27BrN4OS. The number of aliphatic imine (C=N–C) groups is 1. The zero-order valence-corrected chi connectivity index (χ0v) is 17.3. The fourth-order valence-corrected chi connectivity index (χ4v) is 4.18.